The third-order valence-corrected chi connectivity index (χ3v) is 3.55. The molecular formula is C15H23ClFN3O2. The van der Waals surface area contributed by atoms with Crippen molar-refractivity contribution < 1.29 is 13.9 Å². The van der Waals surface area contributed by atoms with Crippen molar-refractivity contribution in [3.63, 3.8) is 0 Å². The SMILES string of the molecule is CC(C)[C@H](N)C(=O)Nc1cc(F)cc(N2CCOCC2)c1.Cl. The number of morpholine rings is 1. The molecule has 0 saturated carbocycles. The van der Waals surface area contributed by atoms with Crippen LogP contribution in [0.4, 0.5) is 15.8 Å². The number of hydrogen-bond donors (Lipinski definition) is 2. The first kappa shape index (κ1) is 18.7. The molecule has 0 radical (unpaired) electrons. The fourth-order valence-corrected chi connectivity index (χ4v) is 2.18. The van der Waals surface area contributed by atoms with E-state index in [1.165, 1.54) is 12.1 Å². The van der Waals surface area contributed by atoms with Gasteiger partial charge < -0.3 is 20.7 Å². The van der Waals surface area contributed by atoms with Crippen molar-refractivity contribution in [1.82, 2.24) is 0 Å². The highest BCUT2D eigenvalue weighted by Gasteiger charge is 2.18. The summed E-state index contributed by atoms with van der Waals surface area (Å²) in [6.45, 7) is 6.40. The highest BCUT2D eigenvalue weighted by atomic mass is 35.5. The summed E-state index contributed by atoms with van der Waals surface area (Å²) < 4.78 is 19.0. The predicted octanol–water partition coefficient (Wildman–Crippen LogP) is 2.01. The molecule has 7 heteroatoms. The van der Waals surface area contributed by atoms with Gasteiger partial charge in [-0.3, -0.25) is 4.79 Å². The van der Waals surface area contributed by atoms with Crippen LogP contribution < -0.4 is 16.0 Å². The third kappa shape index (κ3) is 4.83. The average molecular weight is 332 g/mol. The Labute approximate surface area is 136 Å². The lowest BCUT2D eigenvalue weighted by molar-refractivity contribution is -0.118. The molecule has 1 aromatic rings. The number of rotatable bonds is 4. The summed E-state index contributed by atoms with van der Waals surface area (Å²) in [5.74, 6) is -0.659. The van der Waals surface area contributed by atoms with Crippen LogP contribution in [-0.4, -0.2) is 38.3 Å². The van der Waals surface area contributed by atoms with Crippen LogP contribution >= 0.6 is 12.4 Å². The number of halogens is 2. The predicted molar refractivity (Wildman–Crippen MR) is 88.1 cm³/mol. The maximum absolute atomic E-state index is 13.8. The van der Waals surface area contributed by atoms with Gasteiger partial charge in [-0.1, -0.05) is 13.8 Å². The molecule has 1 heterocycles. The first-order chi connectivity index (χ1) is 9.97. The molecule has 3 N–H and O–H groups in total. The summed E-state index contributed by atoms with van der Waals surface area (Å²) >= 11 is 0. The second kappa shape index (κ2) is 8.31. The second-order valence-electron chi connectivity index (χ2n) is 5.56. The van der Waals surface area contributed by atoms with Crippen molar-refractivity contribution in [2.75, 3.05) is 36.5 Å². The zero-order valence-electron chi connectivity index (χ0n) is 12.8. The Morgan fingerprint density at radius 2 is 1.95 bits per heavy atom. The van der Waals surface area contributed by atoms with Gasteiger partial charge in [-0.15, -0.1) is 12.4 Å². The minimum Gasteiger partial charge on any atom is -0.378 e. The zero-order valence-corrected chi connectivity index (χ0v) is 13.7. The van der Waals surface area contributed by atoms with Crippen LogP contribution in [0.15, 0.2) is 18.2 Å². The molecule has 1 aliphatic heterocycles. The van der Waals surface area contributed by atoms with E-state index in [1.54, 1.807) is 6.07 Å². The lowest BCUT2D eigenvalue weighted by Gasteiger charge is -2.29. The molecule has 1 amide bonds. The largest absolute Gasteiger partial charge is 0.378 e. The van der Waals surface area contributed by atoms with Crippen molar-refractivity contribution in [3.05, 3.63) is 24.0 Å². The molecule has 5 nitrogen and oxygen atoms in total. The Balaban J connectivity index is 0.00000242. The number of nitrogens with two attached hydrogens (primary N) is 1. The Morgan fingerprint density at radius 3 is 2.55 bits per heavy atom. The molecular weight excluding hydrogens is 309 g/mol. The van der Waals surface area contributed by atoms with Crippen LogP contribution in [0, 0.1) is 11.7 Å². The maximum atomic E-state index is 13.8. The Bertz CT molecular complexity index is 508. The van der Waals surface area contributed by atoms with Crippen molar-refractivity contribution >= 4 is 29.7 Å². The maximum Gasteiger partial charge on any atom is 0.241 e. The van der Waals surface area contributed by atoms with E-state index in [4.69, 9.17) is 10.5 Å². The highest BCUT2D eigenvalue weighted by molar-refractivity contribution is 5.95. The smallest absolute Gasteiger partial charge is 0.241 e. The molecule has 0 bridgehead atoms. The van der Waals surface area contributed by atoms with E-state index in [1.807, 2.05) is 18.7 Å². The first-order valence-electron chi connectivity index (χ1n) is 7.17. The number of nitrogens with one attached hydrogen (secondary N) is 1. The monoisotopic (exact) mass is 331 g/mol. The number of amides is 1. The van der Waals surface area contributed by atoms with Crippen LogP contribution in [-0.2, 0) is 9.53 Å². The highest BCUT2D eigenvalue weighted by Crippen LogP contribution is 2.23. The minimum absolute atomic E-state index is 0. The zero-order chi connectivity index (χ0) is 15.4. The third-order valence-electron chi connectivity index (χ3n) is 3.55. The van der Waals surface area contributed by atoms with Crippen LogP contribution in [0.1, 0.15) is 13.8 Å². The van der Waals surface area contributed by atoms with Crippen molar-refractivity contribution in [2.45, 2.75) is 19.9 Å². The van der Waals surface area contributed by atoms with Crippen LogP contribution in [0.2, 0.25) is 0 Å². The van der Waals surface area contributed by atoms with Crippen molar-refractivity contribution in [1.29, 1.82) is 0 Å². The Morgan fingerprint density at radius 1 is 1.32 bits per heavy atom. The number of carbonyl (C=O) groups is 1. The van der Waals surface area contributed by atoms with Crippen LogP contribution in [0.3, 0.4) is 0 Å². The molecule has 1 saturated heterocycles. The van der Waals surface area contributed by atoms with Gasteiger partial charge in [0.05, 0.1) is 19.3 Å². The molecule has 0 spiro atoms. The quantitative estimate of drug-likeness (QED) is 0.885. The van der Waals surface area contributed by atoms with Gasteiger partial charge in [-0.25, -0.2) is 4.39 Å². The first-order valence-corrected chi connectivity index (χ1v) is 7.17. The standard InChI is InChI=1S/C15H22FN3O2.ClH/c1-10(2)14(17)15(20)18-12-7-11(16)8-13(9-12)19-3-5-21-6-4-19;/h7-10,14H,3-6,17H2,1-2H3,(H,18,20);1H/t14-;/m0./s1. The molecule has 2 rings (SSSR count). The molecule has 0 aromatic heterocycles. The fourth-order valence-electron chi connectivity index (χ4n) is 2.18. The fraction of sp³-hybridized carbons (Fsp3) is 0.533. The number of nitrogens with zero attached hydrogens (tertiary/aromatic N) is 1. The number of anilines is 2. The van der Waals surface area contributed by atoms with Crippen LogP contribution in [0.25, 0.3) is 0 Å². The number of benzene rings is 1. The normalized spacial score (nSPS) is 16.1. The van der Waals surface area contributed by atoms with Crippen molar-refractivity contribution in [3.8, 4) is 0 Å². The van der Waals surface area contributed by atoms with Gasteiger partial charge in [0.2, 0.25) is 5.91 Å². The summed E-state index contributed by atoms with van der Waals surface area (Å²) in [7, 11) is 0. The van der Waals surface area contributed by atoms with Crippen molar-refractivity contribution in [2.24, 2.45) is 11.7 Å². The molecule has 0 unspecified atom stereocenters. The topological polar surface area (TPSA) is 67.6 Å². The van der Waals surface area contributed by atoms with Gasteiger partial charge in [0.15, 0.2) is 0 Å². The lowest BCUT2D eigenvalue weighted by atomic mass is 10.0. The van der Waals surface area contributed by atoms with Gasteiger partial charge >= 0.3 is 0 Å². The van der Waals surface area contributed by atoms with E-state index >= 15 is 0 Å². The Hall–Kier alpha value is -1.37. The summed E-state index contributed by atoms with van der Waals surface area (Å²) in [5.41, 5.74) is 6.96. The van der Waals surface area contributed by atoms with E-state index in [9.17, 15) is 9.18 Å². The summed E-state index contributed by atoms with van der Waals surface area (Å²) in [5, 5.41) is 2.68. The summed E-state index contributed by atoms with van der Waals surface area (Å²) in [6.07, 6.45) is 0. The minimum atomic E-state index is -0.611. The molecule has 1 fully saturated rings. The second-order valence-corrected chi connectivity index (χ2v) is 5.56. The Kier molecular flexibility index (Phi) is 7.06. The number of hydrogen-bond acceptors (Lipinski definition) is 4. The van der Waals surface area contributed by atoms with Gasteiger partial charge in [-0.2, -0.15) is 0 Å². The van der Waals surface area contributed by atoms with E-state index in [2.05, 4.69) is 5.32 Å². The van der Waals surface area contributed by atoms with E-state index in [0.29, 0.717) is 32.0 Å². The van der Waals surface area contributed by atoms with Gasteiger partial charge in [0.25, 0.3) is 0 Å². The molecule has 22 heavy (non-hydrogen) atoms. The van der Waals surface area contributed by atoms with Crippen LogP contribution in [0.5, 0.6) is 0 Å². The van der Waals surface area contributed by atoms with E-state index < -0.39 is 6.04 Å². The van der Waals surface area contributed by atoms with E-state index in [0.717, 1.165) is 5.69 Å². The molecule has 0 aliphatic carbocycles. The number of carbonyl (C=O) groups excluding carboxylic acids is 1. The lowest BCUT2D eigenvalue weighted by Crippen LogP contribution is -2.40. The number of ether oxygens (including phenoxy) is 1. The van der Waals surface area contributed by atoms with Gasteiger partial charge in [0, 0.05) is 24.5 Å². The van der Waals surface area contributed by atoms with Gasteiger partial charge in [0.1, 0.15) is 5.82 Å². The summed E-state index contributed by atoms with van der Waals surface area (Å²) in [4.78, 5) is 14.0. The summed E-state index contributed by atoms with van der Waals surface area (Å²) in [6, 6.07) is 3.91. The molecule has 1 atom stereocenters. The molecule has 124 valence electrons. The average Bonchev–Trinajstić information content (AvgIpc) is 2.46. The van der Waals surface area contributed by atoms with Gasteiger partial charge in [-0.05, 0) is 24.1 Å². The van der Waals surface area contributed by atoms with E-state index in [-0.39, 0.29) is 30.0 Å². The molecule has 1 aliphatic rings. The molecule has 1 aromatic carbocycles.